The van der Waals surface area contributed by atoms with Crippen LogP contribution >= 0.6 is 0 Å². The van der Waals surface area contributed by atoms with Crippen LogP contribution in [0.2, 0.25) is 0 Å². The van der Waals surface area contributed by atoms with Crippen LogP contribution in [-0.4, -0.2) is 45.9 Å². The third-order valence-electron chi connectivity index (χ3n) is 6.15. The number of piperidine rings is 1. The van der Waals surface area contributed by atoms with Crippen molar-refractivity contribution < 1.29 is 27.0 Å². The molecule has 1 aliphatic heterocycles. The highest BCUT2D eigenvalue weighted by atomic mass is 32.2. The summed E-state index contributed by atoms with van der Waals surface area (Å²) in [6.07, 6.45) is -1.15. The van der Waals surface area contributed by atoms with Gasteiger partial charge in [0.15, 0.2) is 0 Å². The molecule has 0 bridgehead atoms. The predicted octanol–water partition coefficient (Wildman–Crippen LogP) is 4.51. The Morgan fingerprint density at radius 1 is 1.10 bits per heavy atom. The molecule has 1 unspecified atom stereocenters. The zero-order valence-corrected chi connectivity index (χ0v) is 21.9. The van der Waals surface area contributed by atoms with Gasteiger partial charge in [0.1, 0.15) is 11.9 Å². The lowest BCUT2D eigenvalue weighted by Crippen LogP contribution is -2.53. The maximum Gasteiger partial charge on any atom is 0.417 e. The molecule has 8 nitrogen and oxygen atoms in total. The maximum atomic E-state index is 13.1. The summed E-state index contributed by atoms with van der Waals surface area (Å²) in [5.41, 5.74) is 2.82. The van der Waals surface area contributed by atoms with E-state index in [2.05, 4.69) is 27.0 Å². The van der Waals surface area contributed by atoms with Crippen LogP contribution in [0.25, 0.3) is 11.1 Å². The number of carbonyl (C=O) groups is 2. The average molecular weight is 560 g/mol. The van der Waals surface area contributed by atoms with E-state index in [1.807, 2.05) is 42.5 Å². The minimum Gasteiger partial charge on any atom is -0.326 e. The van der Waals surface area contributed by atoms with Crippen LogP contribution < -0.4 is 20.9 Å². The second-order valence-electron chi connectivity index (χ2n) is 9.10. The van der Waals surface area contributed by atoms with E-state index in [4.69, 9.17) is 0 Å². The van der Waals surface area contributed by atoms with Crippen molar-refractivity contribution >= 4 is 34.2 Å². The van der Waals surface area contributed by atoms with Crippen molar-refractivity contribution in [2.75, 3.05) is 28.9 Å². The molecule has 1 fully saturated rings. The molecule has 0 aliphatic carbocycles. The van der Waals surface area contributed by atoms with Crippen LogP contribution in [0.3, 0.4) is 0 Å². The number of halogens is 3. The second kappa shape index (κ2) is 12.4. The number of rotatable bonds is 8. The van der Waals surface area contributed by atoms with E-state index >= 15 is 0 Å². The number of pyridine rings is 1. The van der Waals surface area contributed by atoms with Gasteiger partial charge >= 0.3 is 12.2 Å². The van der Waals surface area contributed by atoms with E-state index in [0.717, 1.165) is 28.8 Å². The van der Waals surface area contributed by atoms with Gasteiger partial charge in [-0.15, -0.1) is 0 Å². The number of hydrogen-bond acceptors (Lipinski definition) is 5. The summed E-state index contributed by atoms with van der Waals surface area (Å²) in [5, 5.41) is 8.13. The molecule has 2 aromatic carbocycles. The molecule has 39 heavy (non-hydrogen) atoms. The van der Waals surface area contributed by atoms with Gasteiger partial charge in [-0.05, 0) is 59.9 Å². The van der Waals surface area contributed by atoms with Gasteiger partial charge in [0.2, 0.25) is 5.91 Å². The highest BCUT2D eigenvalue weighted by molar-refractivity contribution is 7.84. The molecule has 12 heteroatoms. The van der Waals surface area contributed by atoms with E-state index in [1.54, 1.807) is 11.2 Å². The molecule has 3 amide bonds. The molecular weight excluding hydrogens is 531 g/mol. The summed E-state index contributed by atoms with van der Waals surface area (Å²) in [6.45, 7) is 1.10. The minimum atomic E-state index is -4.52. The zero-order chi connectivity index (χ0) is 28.0. The molecule has 0 saturated carbocycles. The van der Waals surface area contributed by atoms with Crippen LogP contribution in [-0.2, 0) is 28.3 Å². The standard InChI is InChI=1S/C27H28F3N5O3S/c1-39(38)17-31-15-18-4-2-5-20(14-18)19-7-10-22(11-8-19)35-13-3-6-23(25(35)36)33-26(37)34-24-12-9-21(16-32-24)27(28,29)30/h2,4-5,7-12,14,16,23,31H,3,6,13,15,17H2,1H3,(H2,32,33,34,37)/t23-,39?/m1/s1. The number of urea groups is 1. The molecule has 1 aromatic heterocycles. The van der Waals surface area contributed by atoms with Gasteiger partial charge in [0.25, 0.3) is 0 Å². The van der Waals surface area contributed by atoms with Crippen LogP contribution in [0.15, 0.2) is 66.9 Å². The average Bonchev–Trinajstić information content (AvgIpc) is 2.90. The Balaban J connectivity index is 1.36. The summed E-state index contributed by atoms with van der Waals surface area (Å²) in [6, 6.07) is 15.9. The number of carbonyl (C=O) groups excluding carboxylic acids is 2. The van der Waals surface area contributed by atoms with E-state index in [0.29, 0.717) is 43.7 Å². The summed E-state index contributed by atoms with van der Waals surface area (Å²) < 4.78 is 49.4. The molecule has 3 N–H and O–H groups in total. The Bertz CT molecular complexity index is 1330. The topological polar surface area (TPSA) is 103 Å². The number of benzene rings is 2. The van der Waals surface area contributed by atoms with Crippen molar-refractivity contribution in [3.63, 3.8) is 0 Å². The first-order valence-corrected chi connectivity index (χ1v) is 13.9. The van der Waals surface area contributed by atoms with Crippen LogP contribution in [0, 0.1) is 0 Å². The van der Waals surface area contributed by atoms with Gasteiger partial charge in [0, 0.05) is 42.0 Å². The molecule has 2 heterocycles. The fourth-order valence-electron chi connectivity index (χ4n) is 4.25. The summed E-state index contributed by atoms with van der Waals surface area (Å²) in [5.74, 6) is 0.0917. The maximum absolute atomic E-state index is 13.1. The van der Waals surface area contributed by atoms with E-state index in [1.165, 1.54) is 0 Å². The van der Waals surface area contributed by atoms with Gasteiger partial charge in [-0.25, -0.2) is 9.78 Å². The quantitative estimate of drug-likeness (QED) is 0.377. The van der Waals surface area contributed by atoms with E-state index in [9.17, 15) is 27.0 Å². The Morgan fingerprint density at radius 2 is 1.87 bits per heavy atom. The number of nitrogens with one attached hydrogen (secondary N) is 3. The third kappa shape index (κ3) is 7.64. The number of hydrogen-bond donors (Lipinski definition) is 3. The molecule has 206 valence electrons. The molecule has 1 aliphatic rings. The van der Waals surface area contributed by atoms with Crippen molar-refractivity contribution in [2.45, 2.75) is 31.6 Å². The monoisotopic (exact) mass is 559 g/mol. The summed E-state index contributed by atoms with van der Waals surface area (Å²) in [4.78, 5) is 30.8. The molecule has 1 saturated heterocycles. The largest absolute Gasteiger partial charge is 0.417 e. The van der Waals surface area contributed by atoms with E-state index in [-0.39, 0.29) is 11.7 Å². The number of alkyl halides is 3. The SMILES string of the molecule is CS(=O)CNCc1cccc(-c2ccc(N3CCC[C@@H](NC(=O)Nc4ccc(C(F)(F)F)cn4)C3=O)cc2)c1. The lowest BCUT2D eigenvalue weighted by Gasteiger charge is -2.32. The van der Waals surface area contributed by atoms with Crippen molar-refractivity contribution in [1.29, 1.82) is 0 Å². The normalized spacial score (nSPS) is 16.6. The lowest BCUT2D eigenvalue weighted by atomic mass is 10.0. The Morgan fingerprint density at radius 3 is 2.54 bits per heavy atom. The van der Waals surface area contributed by atoms with Gasteiger partial charge in [0.05, 0.1) is 11.4 Å². The minimum absolute atomic E-state index is 0.0589. The van der Waals surface area contributed by atoms with Crippen LogP contribution in [0.4, 0.5) is 29.5 Å². The third-order valence-corrected chi connectivity index (χ3v) is 6.76. The van der Waals surface area contributed by atoms with Gasteiger partial charge in [-0.1, -0.05) is 30.3 Å². The molecular formula is C27H28F3N5O3S. The lowest BCUT2D eigenvalue weighted by molar-refractivity contribution is -0.137. The Labute approximate surface area is 226 Å². The number of amides is 3. The number of anilines is 2. The highest BCUT2D eigenvalue weighted by Gasteiger charge is 2.32. The molecule has 4 rings (SSSR count). The molecule has 0 radical (unpaired) electrons. The predicted molar refractivity (Wildman–Crippen MR) is 144 cm³/mol. The molecule has 0 spiro atoms. The molecule has 2 atom stereocenters. The van der Waals surface area contributed by atoms with Crippen LogP contribution in [0.5, 0.6) is 0 Å². The summed E-state index contributed by atoms with van der Waals surface area (Å²) in [7, 11) is -0.915. The smallest absolute Gasteiger partial charge is 0.326 e. The zero-order valence-electron chi connectivity index (χ0n) is 21.1. The first-order valence-electron chi connectivity index (χ1n) is 12.2. The number of nitrogens with zero attached hydrogens (tertiary/aromatic N) is 2. The number of aromatic nitrogens is 1. The fourth-order valence-corrected chi connectivity index (χ4v) is 4.63. The van der Waals surface area contributed by atoms with Crippen molar-refractivity contribution in [2.24, 2.45) is 0 Å². The van der Waals surface area contributed by atoms with Crippen LogP contribution in [0.1, 0.15) is 24.0 Å². The van der Waals surface area contributed by atoms with E-state index < -0.39 is 34.6 Å². The van der Waals surface area contributed by atoms with Crippen molar-refractivity contribution in [1.82, 2.24) is 15.6 Å². The van der Waals surface area contributed by atoms with Crippen molar-refractivity contribution in [3.8, 4) is 11.1 Å². The van der Waals surface area contributed by atoms with Gasteiger partial charge in [-0.3, -0.25) is 14.3 Å². The first-order chi connectivity index (χ1) is 18.6. The fraction of sp³-hybridized carbons (Fsp3) is 0.296. The van der Waals surface area contributed by atoms with Crippen molar-refractivity contribution in [3.05, 3.63) is 78.0 Å². The first kappa shape index (κ1) is 28.2. The highest BCUT2D eigenvalue weighted by Crippen LogP contribution is 2.29. The molecule has 3 aromatic rings. The second-order valence-corrected chi connectivity index (χ2v) is 10.5. The Hall–Kier alpha value is -3.77. The van der Waals surface area contributed by atoms with Gasteiger partial charge < -0.3 is 15.5 Å². The van der Waals surface area contributed by atoms with Gasteiger partial charge in [-0.2, -0.15) is 13.2 Å². The Kier molecular flexibility index (Phi) is 8.97. The summed E-state index contributed by atoms with van der Waals surface area (Å²) >= 11 is 0.